The Kier molecular flexibility index (Phi) is 4.67. The van der Waals surface area contributed by atoms with Gasteiger partial charge < -0.3 is 5.11 Å². The van der Waals surface area contributed by atoms with E-state index in [2.05, 4.69) is 42.8 Å². The molecule has 0 radical (unpaired) electrons. The largest absolute Gasteiger partial charge is 0.387 e. The molecule has 0 aliphatic rings. The average Bonchev–Trinajstić information content (AvgIpc) is 2.83. The molecule has 1 nitrogen and oxygen atoms in total. The Bertz CT molecular complexity index is 601. The van der Waals surface area contributed by atoms with Crippen LogP contribution in [0.3, 0.4) is 0 Å². The third kappa shape index (κ3) is 3.68. The predicted octanol–water partition coefficient (Wildman–Crippen LogP) is 5.22. The Morgan fingerprint density at radius 1 is 1.25 bits per heavy atom. The summed E-state index contributed by atoms with van der Waals surface area (Å²) in [5, 5.41) is 10.3. The van der Waals surface area contributed by atoms with Crippen molar-refractivity contribution in [1.82, 2.24) is 0 Å². The van der Waals surface area contributed by atoms with Gasteiger partial charge >= 0.3 is 0 Å². The highest BCUT2D eigenvalue weighted by atomic mass is 79.9. The number of hydrogen-bond donors (Lipinski definition) is 1. The number of aliphatic hydroxyl groups is 1. The second kappa shape index (κ2) is 5.96. The minimum Gasteiger partial charge on any atom is -0.387 e. The zero-order valence-electron chi connectivity index (χ0n) is 11.8. The highest BCUT2D eigenvalue weighted by molar-refractivity contribution is 9.10. The van der Waals surface area contributed by atoms with Gasteiger partial charge in [-0.3, -0.25) is 0 Å². The maximum atomic E-state index is 13.2. The van der Waals surface area contributed by atoms with E-state index in [4.69, 9.17) is 0 Å². The zero-order chi connectivity index (χ0) is 14.9. The minimum atomic E-state index is -0.548. The van der Waals surface area contributed by atoms with Gasteiger partial charge in [0.05, 0.1) is 10.6 Å². The predicted molar refractivity (Wildman–Crippen MR) is 85.8 cm³/mol. The molecule has 1 aromatic carbocycles. The maximum Gasteiger partial charge on any atom is 0.137 e. The Hall–Kier alpha value is -0.710. The molecule has 0 spiro atoms. The van der Waals surface area contributed by atoms with Gasteiger partial charge in [-0.05, 0) is 51.2 Å². The topological polar surface area (TPSA) is 20.2 Å². The van der Waals surface area contributed by atoms with Crippen molar-refractivity contribution in [3.8, 4) is 0 Å². The molecular formula is C16H18BrFOS. The van der Waals surface area contributed by atoms with Crippen molar-refractivity contribution in [1.29, 1.82) is 0 Å². The van der Waals surface area contributed by atoms with E-state index in [0.29, 0.717) is 10.9 Å². The third-order valence-electron chi connectivity index (χ3n) is 3.11. The van der Waals surface area contributed by atoms with Gasteiger partial charge in [0.1, 0.15) is 5.82 Å². The molecule has 1 heterocycles. The van der Waals surface area contributed by atoms with Gasteiger partial charge in [0.15, 0.2) is 0 Å². The van der Waals surface area contributed by atoms with Crippen LogP contribution in [0.1, 0.15) is 42.2 Å². The highest BCUT2D eigenvalue weighted by Crippen LogP contribution is 2.33. The highest BCUT2D eigenvalue weighted by Gasteiger charge is 2.19. The summed E-state index contributed by atoms with van der Waals surface area (Å²) in [5.74, 6) is -0.283. The van der Waals surface area contributed by atoms with E-state index in [9.17, 15) is 9.50 Å². The summed E-state index contributed by atoms with van der Waals surface area (Å²) in [5.41, 5.74) is 1.01. The first-order valence-corrected chi connectivity index (χ1v) is 8.10. The first-order chi connectivity index (χ1) is 9.27. The summed E-state index contributed by atoms with van der Waals surface area (Å²) in [6.45, 7) is 6.48. The van der Waals surface area contributed by atoms with Crippen LogP contribution in [-0.4, -0.2) is 5.11 Å². The number of aliphatic hydroxyl groups excluding tert-OH is 1. The number of thiophene rings is 1. The van der Waals surface area contributed by atoms with Gasteiger partial charge in [0.25, 0.3) is 0 Å². The van der Waals surface area contributed by atoms with E-state index in [0.717, 1.165) is 10.4 Å². The van der Waals surface area contributed by atoms with Crippen LogP contribution in [0.4, 0.5) is 4.39 Å². The standard InChI is InChI=1S/C16H18BrFOS/c1-16(2,3)15-7-6-14(20-15)13(19)9-10-4-5-12(18)11(17)8-10/h4-8,13,19H,9H2,1-3H3. The molecule has 0 amide bonds. The Balaban J connectivity index is 2.13. The van der Waals surface area contributed by atoms with Gasteiger partial charge in [-0.25, -0.2) is 4.39 Å². The normalized spacial score (nSPS) is 13.5. The molecule has 0 fully saturated rings. The van der Waals surface area contributed by atoms with E-state index >= 15 is 0 Å². The lowest BCUT2D eigenvalue weighted by atomic mass is 9.95. The first kappa shape index (κ1) is 15.7. The molecule has 1 atom stereocenters. The zero-order valence-corrected chi connectivity index (χ0v) is 14.2. The second-order valence-corrected chi connectivity index (χ2v) is 7.89. The van der Waals surface area contributed by atoms with Gasteiger partial charge in [-0.1, -0.05) is 26.8 Å². The van der Waals surface area contributed by atoms with Gasteiger partial charge in [-0.2, -0.15) is 0 Å². The second-order valence-electron chi connectivity index (χ2n) is 5.92. The SMILES string of the molecule is CC(C)(C)c1ccc(C(O)Cc2ccc(F)c(Br)c2)s1. The number of hydrogen-bond acceptors (Lipinski definition) is 2. The lowest BCUT2D eigenvalue weighted by molar-refractivity contribution is 0.182. The van der Waals surface area contributed by atoms with E-state index in [1.54, 1.807) is 23.5 Å². The maximum absolute atomic E-state index is 13.2. The van der Waals surface area contributed by atoms with Crippen LogP contribution in [0.2, 0.25) is 0 Å². The molecule has 1 aromatic heterocycles. The van der Waals surface area contributed by atoms with Crippen molar-refractivity contribution in [2.24, 2.45) is 0 Å². The molecule has 0 saturated carbocycles. The quantitative estimate of drug-likeness (QED) is 0.798. The molecule has 20 heavy (non-hydrogen) atoms. The molecule has 108 valence electrons. The van der Waals surface area contributed by atoms with Crippen molar-refractivity contribution in [2.45, 2.75) is 38.7 Å². The molecule has 1 N–H and O–H groups in total. The first-order valence-electron chi connectivity index (χ1n) is 6.49. The number of benzene rings is 1. The Morgan fingerprint density at radius 3 is 2.50 bits per heavy atom. The van der Waals surface area contributed by atoms with Crippen LogP contribution in [0.15, 0.2) is 34.8 Å². The van der Waals surface area contributed by atoms with Crippen LogP contribution < -0.4 is 0 Å². The molecular weight excluding hydrogens is 339 g/mol. The van der Waals surface area contributed by atoms with E-state index < -0.39 is 6.10 Å². The molecule has 2 rings (SSSR count). The molecule has 4 heteroatoms. The number of halogens is 2. The molecule has 1 unspecified atom stereocenters. The Labute approximate surface area is 131 Å². The van der Waals surface area contributed by atoms with Gasteiger partial charge in [-0.15, -0.1) is 11.3 Å². The van der Waals surface area contributed by atoms with Crippen molar-refractivity contribution >= 4 is 27.3 Å². The van der Waals surface area contributed by atoms with Crippen molar-refractivity contribution in [3.63, 3.8) is 0 Å². The summed E-state index contributed by atoms with van der Waals surface area (Å²) in [4.78, 5) is 2.21. The Morgan fingerprint density at radius 2 is 1.95 bits per heavy atom. The summed E-state index contributed by atoms with van der Waals surface area (Å²) in [7, 11) is 0. The molecule has 2 aromatic rings. The van der Waals surface area contributed by atoms with E-state index in [1.165, 1.54) is 10.9 Å². The fourth-order valence-corrected chi connectivity index (χ4v) is 3.40. The van der Waals surface area contributed by atoms with E-state index in [-0.39, 0.29) is 11.2 Å². The van der Waals surface area contributed by atoms with Crippen molar-refractivity contribution in [3.05, 3.63) is 55.9 Å². The summed E-state index contributed by atoms with van der Waals surface area (Å²) < 4.78 is 13.6. The third-order valence-corrected chi connectivity index (χ3v) is 5.33. The fourth-order valence-electron chi connectivity index (χ4n) is 1.93. The van der Waals surface area contributed by atoms with Crippen molar-refractivity contribution in [2.75, 3.05) is 0 Å². The fraction of sp³-hybridized carbons (Fsp3) is 0.375. The number of rotatable bonds is 3. The molecule has 0 bridgehead atoms. The smallest absolute Gasteiger partial charge is 0.137 e. The van der Waals surface area contributed by atoms with Crippen molar-refractivity contribution < 1.29 is 9.50 Å². The van der Waals surface area contributed by atoms with E-state index in [1.807, 2.05) is 6.07 Å². The van der Waals surface area contributed by atoms with Crippen LogP contribution in [0.5, 0.6) is 0 Å². The van der Waals surface area contributed by atoms with Crippen LogP contribution in [0.25, 0.3) is 0 Å². The lowest BCUT2D eigenvalue weighted by Crippen LogP contribution is -2.07. The summed E-state index contributed by atoms with van der Waals surface area (Å²) in [6, 6.07) is 8.90. The van der Waals surface area contributed by atoms with Crippen LogP contribution in [-0.2, 0) is 11.8 Å². The molecule has 0 aliphatic heterocycles. The molecule has 0 aliphatic carbocycles. The summed E-state index contributed by atoms with van der Waals surface area (Å²) >= 11 is 4.81. The lowest BCUT2D eigenvalue weighted by Gasteiger charge is -2.15. The average molecular weight is 357 g/mol. The van der Waals surface area contributed by atoms with Crippen LogP contribution in [0, 0.1) is 5.82 Å². The monoisotopic (exact) mass is 356 g/mol. The minimum absolute atomic E-state index is 0.0988. The van der Waals surface area contributed by atoms with Gasteiger partial charge in [0, 0.05) is 16.2 Å². The van der Waals surface area contributed by atoms with Gasteiger partial charge in [0.2, 0.25) is 0 Å². The summed E-state index contributed by atoms with van der Waals surface area (Å²) in [6.07, 6.45) is -0.0587. The molecule has 0 saturated heterocycles. The van der Waals surface area contributed by atoms with Crippen LogP contribution >= 0.6 is 27.3 Å².